The first kappa shape index (κ1) is 23.3. The Morgan fingerprint density at radius 2 is 1.77 bits per heavy atom. The molecule has 1 unspecified atom stereocenters. The van der Waals surface area contributed by atoms with Crippen molar-refractivity contribution in [3.63, 3.8) is 0 Å². The zero-order valence-electron chi connectivity index (χ0n) is 18.5. The van der Waals surface area contributed by atoms with E-state index in [9.17, 15) is 14.7 Å². The van der Waals surface area contributed by atoms with Crippen LogP contribution in [0, 0.1) is 5.92 Å². The van der Waals surface area contributed by atoms with Gasteiger partial charge in [0, 0.05) is 25.6 Å². The van der Waals surface area contributed by atoms with Crippen LogP contribution in [0.2, 0.25) is 0 Å². The maximum atomic E-state index is 12.7. The molecule has 0 saturated carbocycles. The Morgan fingerprint density at radius 3 is 2.42 bits per heavy atom. The summed E-state index contributed by atoms with van der Waals surface area (Å²) in [6, 6.07) is 4.79. The van der Waals surface area contributed by atoms with Gasteiger partial charge in [0.25, 0.3) is 0 Å². The van der Waals surface area contributed by atoms with E-state index in [1.165, 1.54) is 20.6 Å². The number of β-amino-alcohol motifs (C(OH)–C–C–N with tert-alkyl or cyclic N) is 1. The third-order valence-electron chi connectivity index (χ3n) is 6.09. The van der Waals surface area contributed by atoms with Gasteiger partial charge in [-0.2, -0.15) is 0 Å². The van der Waals surface area contributed by atoms with Crippen LogP contribution in [0.25, 0.3) is 0 Å². The van der Waals surface area contributed by atoms with Gasteiger partial charge in [0.15, 0.2) is 11.5 Å². The van der Waals surface area contributed by atoms with Crippen molar-refractivity contribution in [3.05, 3.63) is 23.8 Å². The molecule has 2 aliphatic rings. The molecule has 0 radical (unpaired) electrons. The number of likely N-dealkylation sites (tertiary alicyclic amines) is 2. The van der Waals surface area contributed by atoms with Crippen LogP contribution >= 0.6 is 0 Å². The van der Waals surface area contributed by atoms with Crippen molar-refractivity contribution < 1.29 is 28.9 Å². The largest absolute Gasteiger partial charge is 0.493 e. The summed E-state index contributed by atoms with van der Waals surface area (Å²) >= 11 is 0. The summed E-state index contributed by atoms with van der Waals surface area (Å²) in [6.07, 6.45) is 4.47. The minimum atomic E-state index is -0.667. The fourth-order valence-electron chi connectivity index (χ4n) is 4.30. The van der Waals surface area contributed by atoms with E-state index in [2.05, 4.69) is 4.90 Å². The van der Waals surface area contributed by atoms with E-state index in [4.69, 9.17) is 14.2 Å². The van der Waals surface area contributed by atoms with Gasteiger partial charge in [0.1, 0.15) is 12.7 Å². The summed E-state index contributed by atoms with van der Waals surface area (Å²) in [4.78, 5) is 28.6. The highest BCUT2D eigenvalue weighted by Gasteiger charge is 2.29. The molecule has 0 bridgehead atoms. The predicted octanol–water partition coefficient (Wildman–Crippen LogP) is 1.95. The standard InChI is InChI=1S/C23H34N2O6/c1-29-21-14-18(23(28)30-2)6-7-20(21)31-16-19(26)15-24-12-8-17(9-13-24)22(27)25-10-4-3-5-11-25/h6-7,14,17,19,26H,3-5,8-13,15-16H2,1-2H3. The number of carbonyl (C=O) groups excluding carboxylic acids is 2. The number of hydrogen-bond donors (Lipinski definition) is 1. The van der Waals surface area contributed by atoms with Crippen LogP contribution in [0.4, 0.5) is 0 Å². The lowest BCUT2D eigenvalue weighted by atomic mass is 9.94. The highest BCUT2D eigenvalue weighted by Crippen LogP contribution is 2.28. The molecule has 172 valence electrons. The Bertz CT molecular complexity index is 742. The number of benzene rings is 1. The number of hydrogen-bond acceptors (Lipinski definition) is 7. The average Bonchev–Trinajstić information content (AvgIpc) is 2.82. The van der Waals surface area contributed by atoms with Crippen LogP contribution in [0.1, 0.15) is 42.5 Å². The van der Waals surface area contributed by atoms with Gasteiger partial charge in [-0.3, -0.25) is 4.79 Å². The molecule has 0 aromatic heterocycles. The number of ether oxygens (including phenoxy) is 3. The maximum Gasteiger partial charge on any atom is 0.337 e. The molecule has 1 amide bonds. The van der Waals surface area contributed by atoms with E-state index >= 15 is 0 Å². The van der Waals surface area contributed by atoms with Gasteiger partial charge >= 0.3 is 5.97 Å². The second kappa shape index (κ2) is 11.3. The molecular weight excluding hydrogens is 400 g/mol. The predicted molar refractivity (Wildman–Crippen MR) is 115 cm³/mol. The second-order valence-electron chi connectivity index (χ2n) is 8.28. The Balaban J connectivity index is 1.43. The van der Waals surface area contributed by atoms with E-state index < -0.39 is 12.1 Å². The van der Waals surface area contributed by atoms with Crippen molar-refractivity contribution in [1.82, 2.24) is 9.80 Å². The fraction of sp³-hybridized carbons (Fsp3) is 0.652. The first-order valence-electron chi connectivity index (χ1n) is 11.1. The minimum Gasteiger partial charge on any atom is -0.493 e. The quantitative estimate of drug-likeness (QED) is 0.626. The van der Waals surface area contributed by atoms with E-state index in [-0.39, 0.29) is 12.5 Å². The lowest BCUT2D eigenvalue weighted by Crippen LogP contribution is -2.46. The Labute approximate surface area is 184 Å². The van der Waals surface area contributed by atoms with Crippen LogP contribution in [-0.4, -0.2) is 86.4 Å². The smallest absolute Gasteiger partial charge is 0.337 e. The summed E-state index contributed by atoms with van der Waals surface area (Å²) < 4.78 is 15.7. The molecule has 31 heavy (non-hydrogen) atoms. The third kappa shape index (κ3) is 6.33. The van der Waals surface area contributed by atoms with Gasteiger partial charge in [-0.25, -0.2) is 4.79 Å². The molecule has 3 rings (SSSR count). The van der Waals surface area contributed by atoms with Gasteiger partial charge < -0.3 is 29.1 Å². The molecule has 1 atom stereocenters. The summed E-state index contributed by atoms with van der Waals surface area (Å²) in [6.45, 7) is 4.02. The highest BCUT2D eigenvalue weighted by molar-refractivity contribution is 5.90. The lowest BCUT2D eigenvalue weighted by Gasteiger charge is -2.36. The fourth-order valence-corrected chi connectivity index (χ4v) is 4.30. The van der Waals surface area contributed by atoms with Gasteiger partial charge in [-0.1, -0.05) is 0 Å². The van der Waals surface area contributed by atoms with Crippen molar-refractivity contribution >= 4 is 11.9 Å². The number of rotatable bonds is 8. The molecule has 2 saturated heterocycles. The highest BCUT2D eigenvalue weighted by atomic mass is 16.5. The summed E-state index contributed by atoms with van der Waals surface area (Å²) in [7, 11) is 2.82. The van der Waals surface area contributed by atoms with Gasteiger partial charge in [0.2, 0.25) is 5.91 Å². The van der Waals surface area contributed by atoms with E-state index in [0.717, 1.165) is 51.9 Å². The number of aliphatic hydroxyl groups excluding tert-OH is 1. The van der Waals surface area contributed by atoms with Crippen LogP contribution in [0.15, 0.2) is 18.2 Å². The molecule has 1 N–H and O–H groups in total. The van der Waals surface area contributed by atoms with Crippen molar-refractivity contribution in [2.45, 2.75) is 38.2 Å². The van der Waals surface area contributed by atoms with Gasteiger partial charge in [0.05, 0.1) is 19.8 Å². The first-order valence-corrected chi connectivity index (χ1v) is 11.1. The van der Waals surface area contributed by atoms with Crippen molar-refractivity contribution in [2.75, 3.05) is 53.6 Å². The number of methoxy groups -OCH3 is 2. The zero-order chi connectivity index (χ0) is 22.2. The number of nitrogens with zero attached hydrogens (tertiary/aromatic N) is 2. The van der Waals surface area contributed by atoms with Crippen LogP contribution < -0.4 is 9.47 Å². The zero-order valence-corrected chi connectivity index (χ0v) is 18.5. The minimum absolute atomic E-state index is 0.111. The summed E-state index contributed by atoms with van der Waals surface area (Å²) in [5.41, 5.74) is 0.370. The lowest BCUT2D eigenvalue weighted by molar-refractivity contribution is -0.138. The molecule has 2 heterocycles. The number of esters is 1. The average molecular weight is 435 g/mol. The molecule has 8 heteroatoms. The topological polar surface area (TPSA) is 88.5 Å². The number of amides is 1. The summed E-state index contributed by atoms with van der Waals surface area (Å²) in [5, 5.41) is 10.4. The molecule has 1 aromatic rings. The molecule has 0 spiro atoms. The normalized spacial score (nSPS) is 19.0. The van der Waals surface area contributed by atoms with Crippen LogP contribution in [-0.2, 0) is 9.53 Å². The van der Waals surface area contributed by atoms with Crippen molar-refractivity contribution in [1.29, 1.82) is 0 Å². The number of aliphatic hydroxyl groups is 1. The molecule has 8 nitrogen and oxygen atoms in total. The Morgan fingerprint density at radius 1 is 1.06 bits per heavy atom. The van der Waals surface area contributed by atoms with E-state index in [1.54, 1.807) is 18.2 Å². The van der Waals surface area contributed by atoms with E-state index in [1.807, 2.05) is 4.90 Å². The van der Waals surface area contributed by atoms with Crippen LogP contribution in [0.5, 0.6) is 11.5 Å². The molecule has 0 aliphatic carbocycles. The van der Waals surface area contributed by atoms with E-state index in [0.29, 0.717) is 29.5 Å². The monoisotopic (exact) mass is 434 g/mol. The summed E-state index contributed by atoms with van der Waals surface area (Å²) in [5.74, 6) is 0.838. The third-order valence-corrected chi connectivity index (χ3v) is 6.09. The SMILES string of the molecule is COC(=O)c1ccc(OCC(O)CN2CCC(C(=O)N3CCCCC3)CC2)c(OC)c1. The van der Waals surface area contributed by atoms with Crippen molar-refractivity contribution in [3.8, 4) is 11.5 Å². The molecule has 1 aromatic carbocycles. The first-order chi connectivity index (χ1) is 15.0. The molecule has 2 aliphatic heterocycles. The molecule has 2 fully saturated rings. The van der Waals surface area contributed by atoms with Crippen molar-refractivity contribution in [2.24, 2.45) is 5.92 Å². The number of carbonyl (C=O) groups is 2. The Hall–Kier alpha value is -2.32. The second-order valence-corrected chi connectivity index (χ2v) is 8.28. The van der Waals surface area contributed by atoms with Gasteiger partial charge in [-0.05, 0) is 63.4 Å². The van der Waals surface area contributed by atoms with Gasteiger partial charge in [-0.15, -0.1) is 0 Å². The van der Waals surface area contributed by atoms with Crippen LogP contribution in [0.3, 0.4) is 0 Å². The molecular formula is C23H34N2O6. The number of piperidine rings is 2. The Kier molecular flexibility index (Phi) is 8.54. The maximum absolute atomic E-state index is 12.7.